The van der Waals surface area contributed by atoms with Crippen molar-refractivity contribution in [2.45, 2.75) is 13.3 Å². The summed E-state index contributed by atoms with van der Waals surface area (Å²) in [4.78, 5) is 0. The molecular formula is C14H12ClI. The molecule has 82 valence electrons. The summed E-state index contributed by atoms with van der Waals surface area (Å²) in [6, 6.07) is 14.6. The molecule has 0 aliphatic rings. The number of hydrogen-bond donors (Lipinski definition) is 0. The minimum Gasteiger partial charge on any atom is -0.0840 e. The molecule has 0 atom stereocenters. The lowest BCUT2D eigenvalue weighted by Gasteiger charge is -2.07. The Balaban J connectivity index is 2.34. The first-order valence-corrected chi connectivity index (χ1v) is 6.61. The van der Waals surface area contributed by atoms with Crippen LogP contribution in [0.1, 0.15) is 16.7 Å². The van der Waals surface area contributed by atoms with Gasteiger partial charge >= 0.3 is 0 Å². The molecule has 0 bridgehead atoms. The SMILES string of the molecule is Cc1ccccc1Cc1cc(I)ccc1Cl. The number of benzene rings is 2. The zero-order chi connectivity index (χ0) is 11.5. The van der Waals surface area contributed by atoms with Gasteiger partial charge in [0, 0.05) is 8.59 Å². The minimum atomic E-state index is 0.851. The first-order valence-electron chi connectivity index (χ1n) is 5.15. The molecule has 0 nitrogen and oxygen atoms in total. The maximum Gasteiger partial charge on any atom is 0.0442 e. The molecule has 0 amide bonds. The van der Waals surface area contributed by atoms with Gasteiger partial charge in [0.25, 0.3) is 0 Å². The highest BCUT2D eigenvalue weighted by atomic mass is 127. The standard InChI is InChI=1S/C14H12ClI/c1-10-4-2-3-5-11(10)8-12-9-13(16)6-7-14(12)15/h2-7,9H,8H2,1H3. The van der Waals surface area contributed by atoms with Gasteiger partial charge in [-0.3, -0.25) is 0 Å². The number of halogens is 2. The Labute approximate surface area is 115 Å². The molecule has 0 heterocycles. The Morgan fingerprint density at radius 1 is 1.06 bits per heavy atom. The van der Waals surface area contributed by atoms with Crippen LogP contribution in [0.3, 0.4) is 0 Å². The van der Waals surface area contributed by atoms with Crippen molar-refractivity contribution in [2.24, 2.45) is 0 Å². The van der Waals surface area contributed by atoms with E-state index < -0.39 is 0 Å². The largest absolute Gasteiger partial charge is 0.0840 e. The van der Waals surface area contributed by atoms with Gasteiger partial charge in [-0.05, 0) is 70.8 Å². The second kappa shape index (κ2) is 5.19. The molecule has 0 fully saturated rings. The van der Waals surface area contributed by atoms with E-state index in [1.165, 1.54) is 20.3 Å². The van der Waals surface area contributed by atoms with Crippen molar-refractivity contribution in [3.63, 3.8) is 0 Å². The predicted molar refractivity (Wildman–Crippen MR) is 78.2 cm³/mol. The third kappa shape index (κ3) is 2.77. The van der Waals surface area contributed by atoms with E-state index in [1.54, 1.807) is 0 Å². The molecule has 2 rings (SSSR count). The van der Waals surface area contributed by atoms with Gasteiger partial charge < -0.3 is 0 Å². The van der Waals surface area contributed by atoms with Gasteiger partial charge in [-0.2, -0.15) is 0 Å². The Bertz CT molecular complexity index is 506. The van der Waals surface area contributed by atoms with Crippen LogP contribution in [0.2, 0.25) is 5.02 Å². The van der Waals surface area contributed by atoms with Crippen LogP contribution in [0.25, 0.3) is 0 Å². The van der Waals surface area contributed by atoms with Crippen LogP contribution in [0, 0.1) is 10.5 Å². The van der Waals surface area contributed by atoms with Crippen molar-refractivity contribution in [1.29, 1.82) is 0 Å². The Kier molecular flexibility index (Phi) is 3.87. The van der Waals surface area contributed by atoms with Crippen LogP contribution in [-0.2, 0) is 6.42 Å². The lowest BCUT2D eigenvalue weighted by atomic mass is 10.0. The van der Waals surface area contributed by atoms with Crippen molar-refractivity contribution >= 4 is 34.2 Å². The van der Waals surface area contributed by atoms with Crippen LogP contribution in [-0.4, -0.2) is 0 Å². The average Bonchev–Trinajstić information content (AvgIpc) is 2.27. The first kappa shape index (κ1) is 11.9. The Morgan fingerprint density at radius 2 is 1.81 bits per heavy atom. The van der Waals surface area contributed by atoms with Crippen molar-refractivity contribution in [3.8, 4) is 0 Å². The Morgan fingerprint density at radius 3 is 2.56 bits per heavy atom. The second-order valence-corrected chi connectivity index (χ2v) is 5.49. The number of hydrogen-bond acceptors (Lipinski definition) is 0. The van der Waals surface area contributed by atoms with E-state index in [0.29, 0.717) is 0 Å². The van der Waals surface area contributed by atoms with Crippen LogP contribution in [0.15, 0.2) is 42.5 Å². The summed E-state index contributed by atoms with van der Waals surface area (Å²) in [5, 5.41) is 0.851. The molecule has 0 unspecified atom stereocenters. The minimum absolute atomic E-state index is 0.851. The first-order chi connectivity index (χ1) is 7.66. The highest BCUT2D eigenvalue weighted by Crippen LogP contribution is 2.22. The van der Waals surface area contributed by atoms with Gasteiger partial charge in [0.1, 0.15) is 0 Å². The van der Waals surface area contributed by atoms with E-state index >= 15 is 0 Å². The molecule has 0 saturated carbocycles. The topological polar surface area (TPSA) is 0 Å². The van der Waals surface area contributed by atoms with Crippen LogP contribution in [0.4, 0.5) is 0 Å². The van der Waals surface area contributed by atoms with Crippen molar-refractivity contribution in [1.82, 2.24) is 0 Å². The zero-order valence-electron chi connectivity index (χ0n) is 9.00. The highest BCUT2D eigenvalue weighted by Gasteiger charge is 2.04. The molecule has 0 aliphatic carbocycles. The number of aryl methyl sites for hydroxylation is 1. The van der Waals surface area contributed by atoms with Gasteiger partial charge in [0.15, 0.2) is 0 Å². The quantitative estimate of drug-likeness (QED) is 0.685. The second-order valence-electron chi connectivity index (χ2n) is 3.84. The van der Waals surface area contributed by atoms with Gasteiger partial charge in [-0.15, -0.1) is 0 Å². The smallest absolute Gasteiger partial charge is 0.0442 e. The molecule has 2 heteroatoms. The van der Waals surface area contributed by atoms with Crippen LogP contribution < -0.4 is 0 Å². The summed E-state index contributed by atoms with van der Waals surface area (Å²) < 4.78 is 1.23. The average molecular weight is 343 g/mol. The normalized spacial score (nSPS) is 10.4. The van der Waals surface area contributed by atoms with Gasteiger partial charge in [-0.1, -0.05) is 35.9 Å². The van der Waals surface area contributed by atoms with E-state index in [4.69, 9.17) is 11.6 Å². The summed E-state index contributed by atoms with van der Waals surface area (Å²) in [6.07, 6.45) is 0.905. The fourth-order valence-corrected chi connectivity index (χ4v) is 2.43. The molecule has 0 aromatic heterocycles. The molecule has 0 aliphatic heterocycles. The summed E-state index contributed by atoms with van der Waals surface area (Å²) >= 11 is 8.51. The lowest BCUT2D eigenvalue weighted by molar-refractivity contribution is 1.15. The highest BCUT2D eigenvalue weighted by molar-refractivity contribution is 14.1. The monoisotopic (exact) mass is 342 g/mol. The van der Waals surface area contributed by atoms with E-state index in [9.17, 15) is 0 Å². The third-order valence-corrected chi connectivity index (χ3v) is 3.69. The molecule has 16 heavy (non-hydrogen) atoms. The van der Waals surface area contributed by atoms with Crippen LogP contribution in [0.5, 0.6) is 0 Å². The van der Waals surface area contributed by atoms with Gasteiger partial charge in [0.2, 0.25) is 0 Å². The fourth-order valence-electron chi connectivity index (χ4n) is 1.69. The lowest BCUT2D eigenvalue weighted by Crippen LogP contribution is -1.93. The van der Waals surface area contributed by atoms with Crippen LogP contribution >= 0.6 is 34.2 Å². The molecule has 0 saturated heterocycles. The maximum absolute atomic E-state index is 6.20. The number of rotatable bonds is 2. The van der Waals surface area contributed by atoms with Gasteiger partial charge in [-0.25, -0.2) is 0 Å². The third-order valence-electron chi connectivity index (χ3n) is 2.65. The molecular weight excluding hydrogens is 331 g/mol. The molecule has 2 aromatic carbocycles. The zero-order valence-corrected chi connectivity index (χ0v) is 11.9. The van der Waals surface area contributed by atoms with E-state index in [1.807, 2.05) is 12.1 Å². The van der Waals surface area contributed by atoms with Crippen molar-refractivity contribution < 1.29 is 0 Å². The van der Waals surface area contributed by atoms with E-state index in [0.717, 1.165) is 11.4 Å². The summed E-state index contributed by atoms with van der Waals surface area (Å²) in [7, 11) is 0. The summed E-state index contributed by atoms with van der Waals surface area (Å²) in [5.41, 5.74) is 3.85. The summed E-state index contributed by atoms with van der Waals surface area (Å²) in [5.74, 6) is 0. The Hall–Kier alpha value is -0.540. The maximum atomic E-state index is 6.20. The van der Waals surface area contributed by atoms with Crippen molar-refractivity contribution in [3.05, 3.63) is 67.7 Å². The molecule has 0 N–H and O–H groups in total. The van der Waals surface area contributed by atoms with Gasteiger partial charge in [0.05, 0.1) is 0 Å². The molecule has 0 spiro atoms. The van der Waals surface area contributed by atoms with E-state index in [2.05, 4.69) is 59.8 Å². The fraction of sp³-hybridized carbons (Fsp3) is 0.143. The van der Waals surface area contributed by atoms with E-state index in [-0.39, 0.29) is 0 Å². The van der Waals surface area contributed by atoms with Crippen molar-refractivity contribution in [2.75, 3.05) is 0 Å². The predicted octanol–water partition coefficient (Wildman–Crippen LogP) is 4.84. The molecule has 0 radical (unpaired) electrons. The summed E-state index contributed by atoms with van der Waals surface area (Å²) in [6.45, 7) is 2.14. The molecule has 2 aromatic rings.